The summed E-state index contributed by atoms with van der Waals surface area (Å²) in [5, 5.41) is 5.64. The Balaban J connectivity index is 1.85. The molecule has 1 aromatic carbocycles. The number of nitrogens with two attached hydrogens (primary N) is 1. The lowest BCUT2D eigenvalue weighted by Gasteiger charge is -2.14. The van der Waals surface area contributed by atoms with Crippen molar-refractivity contribution in [2.45, 2.75) is 24.5 Å². The average molecular weight is 421 g/mol. The molecule has 4 rings (SSSR count). The Morgan fingerprint density at radius 3 is 2.59 bits per heavy atom. The third kappa shape index (κ3) is 3.54. The number of alkyl halides is 3. The second-order valence-electron chi connectivity index (χ2n) is 6.56. The molecule has 4 aromatic rings. The number of imidazole rings is 1. The lowest BCUT2D eigenvalue weighted by atomic mass is 10.1. The maximum absolute atomic E-state index is 13.4. The normalized spacial score (nSPS) is 12.7. The molecule has 0 bridgehead atoms. The molecule has 3 aromatic heterocycles. The molecule has 0 aliphatic rings. The molecule has 7 nitrogen and oxygen atoms in total. The molecule has 0 aliphatic carbocycles. The number of hydrogen-bond acceptors (Lipinski definition) is 5. The van der Waals surface area contributed by atoms with Crippen molar-refractivity contribution < 1.29 is 21.6 Å². The molecule has 0 fully saturated rings. The van der Waals surface area contributed by atoms with Crippen LogP contribution in [0.4, 0.5) is 13.2 Å². The molecule has 3 heterocycles. The van der Waals surface area contributed by atoms with Gasteiger partial charge in [-0.25, -0.2) is 28.5 Å². The minimum atomic E-state index is -4.87. The number of fused-ring (bicyclic) bond motifs is 3. The van der Waals surface area contributed by atoms with E-state index in [9.17, 15) is 21.6 Å². The van der Waals surface area contributed by atoms with Crippen LogP contribution in [-0.4, -0.2) is 27.9 Å². The van der Waals surface area contributed by atoms with E-state index in [-0.39, 0.29) is 12.1 Å². The lowest BCUT2D eigenvalue weighted by Crippen LogP contribution is -2.19. The minimum absolute atomic E-state index is 0.0392. The molecule has 0 amide bonds. The zero-order valence-corrected chi connectivity index (χ0v) is 15.8. The number of aromatic nitrogens is 4. The summed E-state index contributed by atoms with van der Waals surface area (Å²) in [6, 6.07) is 6.60. The highest BCUT2D eigenvalue weighted by molar-refractivity contribution is 7.89. The van der Waals surface area contributed by atoms with Crippen molar-refractivity contribution >= 4 is 32.1 Å². The van der Waals surface area contributed by atoms with E-state index < -0.39 is 26.7 Å². The highest BCUT2D eigenvalue weighted by Crippen LogP contribution is 2.35. The maximum atomic E-state index is 13.4. The number of rotatable bonds is 3. The largest absolute Gasteiger partial charge is 0.417 e. The van der Waals surface area contributed by atoms with Crippen molar-refractivity contribution in [1.82, 2.24) is 19.5 Å². The Morgan fingerprint density at radius 2 is 1.90 bits per heavy atom. The van der Waals surface area contributed by atoms with Crippen LogP contribution in [0.2, 0.25) is 0 Å². The van der Waals surface area contributed by atoms with E-state index in [4.69, 9.17) is 5.14 Å². The predicted molar refractivity (Wildman–Crippen MR) is 99.5 cm³/mol. The third-order valence-electron chi connectivity index (χ3n) is 4.45. The molecule has 150 valence electrons. The van der Waals surface area contributed by atoms with E-state index in [1.165, 1.54) is 12.4 Å². The molecule has 0 saturated carbocycles. The van der Waals surface area contributed by atoms with Gasteiger partial charge in [0.25, 0.3) is 0 Å². The molecule has 29 heavy (non-hydrogen) atoms. The molecular formula is C18H14F3N5O2S. The monoisotopic (exact) mass is 421 g/mol. The Labute approximate surface area is 163 Å². The van der Waals surface area contributed by atoms with Crippen LogP contribution in [0, 0.1) is 6.92 Å². The van der Waals surface area contributed by atoms with E-state index in [0.29, 0.717) is 22.1 Å². The highest BCUT2D eigenvalue weighted by atomic mass is 32.2. The van der Waals surface area contributed by atoms with Gasteiger partial charge in [-0.05, 0) is 36.8 Å². The summed E-state index contributed by atoms with van der Waals surface area (Å²) in [6.07, 6.45) is -1.83. The van der Waals surface area contributed by atoms with Crippen LogP contribution in [0.25, 0.3) is 22.1 Å². The summed E-state index contributed by atoms with van der Waals surface area (Å²) in [5.41, 5.74) is 1.47. The average Bonchev–Trinajstić information content (AvgIpc) is 3.03. The van der Waals surface area contributed by atoms with Gasteiger partial charge in [-0.2, -0.15) is 13.2 Å². The number of primary sulfonamides is 1. The fraction of sp³-hybridized carbons (Fsp3) is 0.167. The molecule has 0 spiro atoms. The van der Waals surface area contributed by atoms with Gasteiger partial charge in [0.05, 0.1) is 28.5 Å². The zero-order chi connectivity index (χ0) is 21.0. The Morgan fingerprint density at radius 1 is 1.14 bits per heavy atom. The smallest absolute Gasteiger partial charge is 0.325 e. The predicted octanol–water partition coefficient (Wildman–Crippen LogP) is 3.00. The van der Waals surface area contributed by atoms with Crippen LogP contribution in [0.15, 0.2) is 47.8 Å². The Bertz CT molecular complexity index is 1360. The number of benzene rings is 1. The van der Waals surface area contributed by atoms with Crippen LogP contribution >= 0.6 is 0 Å². The van der Waals surface area contributed by atoms with E-state index in [2.05, 4.69) is 15.0 Å². The number of sulfonamides is 1. The molecule has 11 heteroatoms. The van der Waals surface area contributed by atoms with Gasteiger partial charge in [0.2, 0.25) is 10.0 Å². The Hall–Kier alpha value is -3.05. The number of halogens is 3. The summed E-state index contributed by atoms with van der Waals surface area (Å²) >= 11 is 0. The first kappa shape index (κ1) is 19.3. The number of pyridine rings is 2. The number of nitrogens with zero attached hydrogens (tertiary/aromatic N) is 4. The standard InChI is InChI=1S/C18H14F3N5O2S/c1-10-2-4-12-16-14(7-23-17(12)25-10)24-9-26(16)8-11-3-5-15(29(22,27)28)13(6-11)18(19,20)21/h2-7,9H,8H2,1H3,(H2,22,27,28). The van der Waals surface area contributed by atoms with Gasteiger partial charge in [-0.3, -0.25) is 0 Å². The van der Waals surface area contributed by atoms with Crippen molar-refractivity contribution in [3.63, 3.8) is 0 Å². The minimum Gasteiger partial charge on any atom is -0.325 e. The number of aryl methyl sites for hydroxylation is 1. The fourth-order valence-electron chi connectivity index (χ4n) is 3.20. The van der Waals surface area contributed by atoms with Gasteiger partial charge in [0.15, 0.2) is 5.65 Å². The van der Waals surface area contributed by atoms with Crippen LogP contribution in [0.1, 0.15) is 16.8 Å². The van der Waals surface area contributed by atoms with Crippen LogP contribution in [0.3, 0.4) is 0 Å². The van der Waals surface area contributed by atoms with Crippen molar-refractivity contribution in [3.05, 3.63) is 59.7 Å². The molecule has 0 radical (unpaired) electrons. The van der Waals surface area contributed by atoms with Crippen molar-refractivity contribution in [2.75, 3.05) is 0 Å². The van der Waals surface area contributed by atoms with Gasteiger partial charge >= 0.3 is 6.18 Å². The van der Waals surface area contributed by atoms with Crippen molar-refractivity contribution in [2.24, 2.45) is 5.14 Å². The summed E-state index contributed by atoms with van der Waals surface area (Å²) in [4.78, 5) is 11.9. The highest BCUT2D eigenvalue weighted by Gasteiger charge is 2.36. The van der Waals surface area contributed by atoms with E-state index >= 15 is 0 Å². The van der Waals surface area contributed by atoms with Crippen molar-refractivity contribution in [1.29, 1.82) is 0 Å². The first-order chi connectivity index (χ1) is 13.5. The van der Waals surface area contributed by atoms with E-state index in [0.717, 1.165) is 17.8 Å². The molecule has 0 aliphatic heterocycles. The topological polar surface area (TPSA) is 104 Å². The van der Waals surface area contributed by atoms with Gasteiger partial charge < -0.3 is 4.57 Å². The summed E-state index contributed by atoms with van der Waals surface area (Å²) in [6.45, 7) is 1.87. The van der Waals surface area contributed by atoms with Gasteiger partial charge in [-0.1, -0.05) is 6.07 Å². The van der Waals surface area contributed by atoms with Gasteiger partial charge in [0.1, 0.15) is 5.52 Å². The second-order valence-corrected chi connectivity index (χ2v) is 8.09. The molecule has 0 unspecified atom stereocenters. The second kappa shape index (κ2) is 6.49. The van der Waals surface area contributed by atoms with Gasteiger partial charge in [-0.15, -0.1) is 0 Å². The SMILES string of the molecule is Cc1ccc2c(ncc3ncn(Cc4ccc(S(N)(=O)=O)c(C(F)(F)F)c4)c32)n1. The summed E-state index contributed by atoms with van der Waals surface area (Å²) < 4.78 is 64.9. The zero-order valence-electron chi connectivity index (χ0n) is 15.0. The van der Waals surface area contributed by atoms with Crippen molar-refractivity contribution in [3.8, 4) is 0 Å². The van der Waals surface area contributed by atoms with Crippen LogP contribution in [-0.2, 0) is 22.7 Å². The van der Waals surface area contributed by atoms with E-state index in [1.807, 2.05) is 19.1 Å². The molecular weight excluding hydrogens is 407 g/mol. The maximum Gasteiger partial charge on any atom is 0.417 e. The summed E-state index contributed by atoms with van der Waals surface area (Å²) in [5.74, 6) is 0. The number of hydrogen-bond donors (Lipinski definition) is 1. The quantitative estimate of drug-likeness (QED) is 0.548. The summed E-state index contributed by atoms with van der Waals surface area (Å²) in [7, 11) is -4.52. The van der Waals surface area contributed by atoms with Crippen LogP contribution in [0.5, 0.6) is 0 Å². The lowest BCUT2D eigenvalue weighted by molar-refractivity contribution is -0.139. The van der Waals surface area contributed by atoms with Crippen LogP contribution < -0.4 is 5.14 Å². The molecule has 2 N–H and O–H groups in total. The van der Waals surface area contributed by atoms with Gasteiger partial charge in [0, 0.05) is 17.6 Å². The Kier molecular flexibility index (Phi) is 4.32. The third-order valence-corrected chi connectivity index (χ3v) is 5.42. The first-order valence-electron chi connectivity index (χ1n) is 8.34. The fourth-order valence-corrected chi connectivity index (χ4v) is 3.93. The molecule has 0 saturated heterocycles. The molecule has 0 atom stereocenters. The van der Waals surface area contributed by atoms with E-state index in [1.54, 1.807) is 10.8 Å². The first-order valence-corrected chi connectivity index (χ1v) is 9.89.